The van der Waals surface area contributed by atoms with E-state index in [2.05, 4.69) is 32.0 Å². The first kappa shape index (κ1) is 16.5. The van der Waals surface area contributed by atoms with Crippen molar-refractivity contribution in [3.8, 4) is 0 Å². The molecule has 1 aliphatic rings. The molecule has 1 fully saturated rings. The summed E-state index contributed by atoms with van der Waals surface area (Å²) in [6.45, 7) is 6.48. The van der Waals surface area contributed by atoms with Crippen molar-refractivity contribution in [2.75, 3.05) is 6.54 Å². The summed E-state index contributed by atoms with van der Waals surface area (Å²) in [6, 6.07) is 6.42. The van der Waals surface area contributed by atoms with Gasteiger partial charge in [0.2, 0.25) is 5.91 Å². The van der Waals surface area contributed by atoms with Crippen molar-refractivity contribution in [2.24, 2.45) is 5.92 Å². The molecule has 2 atom stereocenters. The Morgan fingerprint density at radius 3 is 2.64 bits per heavy atom. The highest BCUT2D eigenvalue weighted by Gasteiger charge is 2.32. The Balaban J connectivity index is 1.97. The van der Waals surface area contributed by atoms with Crippen LogP contribution >= 0.6 is 0 Å². The molecule has 1 aromatic carbocycles. The van der Waals surface area contributed by atoms with Crippen LogP contribution < -0.4 is 0 Å². The number of carboxylic acid groups (broad SMARTS) is 1. The number of benzene rings is 1. The molecular weight excluding hydrogens is 278 g/mol. The summed E-state index contributed by atoms with van der Waals surface area (Å²) in [6.07, 6.45) is 2.59. The molecule has 0 saturated carbocycles. The van der Waals surface area contributed by atoms with Crippen LogP contribution in [-0.4, -0.2) is 34.5 Å². The van der Waals surface area contributed by atoms with Crippen LogP contribution in [-0.2, 0) is 16.0 Å². The molecule has 1 N–H and O–H groups in total. The molecule has 4 heteroatoms. The minimum Gasteiger partial charge on any atom is -0.481 e. The molecular formula is C18H25NO3. The predicted octanol–water partition coefficient (Wildman–Crippen LogP) is 2.95. The zero-order valence-corrected chi connectivity index (χ0v) is 13.6. The van der Waals surface area contributed by atoms with E-state index in [0.717, 1.165) is 6.42 Å². The summed E-state index contributed by atoms with van der Waals surface area (Å²) in [5, 5.41) is 9.16. The number of aliphatic carboxylic acids is 1. The standard InChI is InChI=1S/C18H25NO3/c1-12-4-6-15(13(2)10-12)8-9-17(20)19-11-16(18(21)22)7-5-14(19)3/h4,6,10,14,16H,5,7-9,11H2,1-3H3,(H,21,22). The lowest BCUT2D eigenvalue weighted by molar-refractivity contribution is -0.147. The molecule has 0 radical (unpaired) electrons. The third-order valence-corrected chi connectivity index (χ3v) is 4.66. The molecule has 2 unspecified atom stereocenters. The van der Waals surface area contributed by atoms with Crippen molar-refractivity contribution in [1.82, 2.24) is 4.90 Å². The summed E-state index contributed by atoms with van der Waals surface area (Å²) in [5.74, 6) is -1.14. The van der Waals surface area contributed by atoms with Crippen LogP contribution in [0.5, 0.6) is 0 Å². The van der Waals surface area contributed by atoms with Gasteiger partial charge in [0.25, 0.3) is 0 Å². The number of nitrogens with zero attached hydrogens (tertiary/aromatic N) is 1. The van der Waals surface area contributed by atoms with Gasteiger partial charge in [-0.05, 0) is 51.2 Å². The molecule has 1 heterocycles. The Kier molecular flexibility index (Phi) is 5.22. The second-order valence-electron chi connectivity index (χ2n) is 6.44. The number of hydrogen-bond donors (Lipinski definition) is 1. The molecule has 120 valence electrons. The fourth-order valence-electron chi connectivity index (χ4n) is 3.17. The van der Waals surface area contributed by atoms with E-state index in [1.165, 1.54) is 16.7 Å². The zero-order chi connectivity index (χ0) is 16.3. The van der Waals surface area contributed by atoms with Gasteiger partial charge >= 0.3 is 5.97 Å². The Labute approximate surface area is 132 Å². The topological polar surface area (TPSA) is 57.6 Å². The van der Waals surface area contributed by atoms with Gasteiger partial charge in [-0.2, -0.15) is 0 Å². The highest BCUT2D eigenvalue weighted by molar-refractivity contribution is 5.78. The summed E-state index contributed by atoms with van der Waals surface area (Å²) >= 11 is 0. The van der Waals surface area contributed by atoms with Crippen LogP contribution in [0.1, 0.15) is 42.9 Å². The Morgan fingerprint density at radius 2 is 2.00 bits per heavy atom. The Hall–Kier alpha value is -1.84. The van der Waals surface area contributed by atoms with Crippen molar-refractivity contribution >= 4 is 11.9 Å². The maximum atomic E-state index is 12.5. The van der Waals surface area contributed by atoms with Gasteiger partial charge in [-0.1, -0.05) is 23.8 Å². The van der Waals surface area contributed by atoms with E-state index in [-0.39, 0.29) is 11.9 Å². The zero-order valence-electron chi connectivity index (χ0n) is 13.6. The van der Waals surface area contributed by atoms with Crippen molar-refractivity contribution in [3.05, 3.63) is 34.9 Å². The van der Waals surface area contributed by atoms with Crippen LogP contribution in [0.4, 0.5) is 0 Å². The number of aryl methyl sites for hydroxylation is 3. The maximum Gasteiger partial charge on any atom is 0.308 e. The number of likely N-dealkylation sites (tertiary alicyclic amines) is 1. The van der Waals surface area contributed by atoms with E-state index in [9.17, 15) is 9.59 Å². The van der Waals surface area contributed by atoms with E-state index in [1.807, 2.05) is 6.92 Å². The largest absolute Gasteiger partial charge is 0.481 e. The molecule has 0 spiro atoms. The number of amides is 1. The second-order valence-corrected chi connectivity index (χ2v) is 6.44. The molecule has 1 amide bonds. The van der Waals surface area contributed by atoms with Gasteiger partial charge in [0.1, 0.15) is 0 Å². The fourth-order valence-corrected chi connectivity index (χ4v) is 3.17. The molecule has 0 aromatic heterocycles. The van der Waals surface area contributed by atoms with Crippen LogP contribution in [0, 0.1) is 19.8 Å². The molecule has 0 aliphatic carbocycles. The predicted molar refractivity (Wildman–Crippen MR) is 85.8 cm³/mol. The SMILES string of the molecule is Cc1ccc(CCC(=O)N2CC(C(=O)O)CCC2C)c(C)c1. The van der Waals surface area contributed by atoms with E-state index < -0.39 is 11.9 Å². The monoisotopic (exact) mass is 303 g/mol. The van der Waals surface area contributed by atoms with Crippen molar-refractivity contribution in [3.63, 3.8) is 0 Å². The molecule has 2 rings (SSSR count). The molecule has 0 bridgehead atoms. The number of piperidine rings is 1. The average Bonchev–Trinajstić information content (AvgIpc) is 2.46. The molecule has 1 saturated heterocycles. The summed E-state index contributed by atoms with van der Waals surface area (Å²) in [5.41, 5.74) is 3.63. The lowest BCUT2D eigenvalue weighted by Crippen LogP contribution is -2.47. The first-order valence-electron chi connectivity index (χ1n) is 7.97. The lowest BCUT2D eigenvalue weighted by Gasteiger charge is -2.36. The number of carbonyl (C=O) groups excluding carboxylic acids is 1. The highest BCUT2D eigenvalue weighted by atomic mass is 16.4. The molecule has 1 aromatic rings. The maximum absolute atomic E-state index is 12.5. The van der Waals surface area contributed by atoms with E-state index in [0.29, 0.717) is 25.8 Å². The highest BCUT2D eigenvalue weighted by Crippen LogP contribution is 2.23. The smallest absolute Gasteiger partial charge is 0.308 e. The number of carboxylic acids is 1. The van der Waals surface area contributed by atoms with Gasteiger partial charge in [-0.15, -0.1) is 0 Å². The van der Waals surface area contributed by atoms with E-state index in [4.69, 9.17) is 5.11 Å². The molecule has 1 aliphatic heterocycles. The quantitative estimate of drug-likeness (QED) is 0.930. The van der Waals surface area contributed by atoms with Gasteiger partial charge in [0.05, 0.1) is 5.92 Å². The first-order valence-corrected chi connectivity index (χ1v) is 7.97. The minimum absolute atomic E-state index is 0.0680. The average molecular weight is 303 g/mol. The summed E-state index contributed by atoms with van der Waals surface area (Å²) < 4.78 is 0. The first-order chi connectivity index (χ1) is 10.4. The van der Waals surface area contributed by atoms with Crippen LogP contribution in [0.3, 0.4) is 0 Å². The normalized spacial score (nSPS) is 21.7. The van der Waals surface area contributed by atoms with Crippen molar-refractivity contribution in [1.29, 1.82) is 0 Å². The molecule has 4 nitrogen and oxygen atoms in total. The van der Waals surface area contributed by atoms with Gasteiger partial charge in [0.15, 0.2) is 0 Å². The van der Waals surface area contributed by atoms with Crippen molar-refractivity contribution in [2.45, 2.75) is 52.5 Å². The number of carbonyl (C=O) groups is 2. The second kappa shape index (κ2) is 6.95. The summed E-state index contributed by atoms with van der Waals surface area (Å²) in [4.78, 5) is 25.4. The van der Waals surface area contributed by atoms with E-state index in [1.54, 1.807) is 4.90 Å². The molecule has 22 heavy (non-hydrogen) atoms. The van der Waals surface area contributed by atoms with Crippen LogP contribution in [0.15, 0.2) is 18.2 Å². The van der Waals surface area contributed by atoms with Crippen LogP contribution in [0.2, 0.25) is 0 Å². The third kappa shape index (κ3) is 3.87. The van der Waals surface area contributed by atoms with Gasteiger partial charge < -0.3 is 10.0 Å². The van der Waals surface area contributed by atoms with Gasteiger partial charge in [0, 0.05) is 19.0 Å². The van der Waals surface area contributed by atoms with Gasteiger partial charge in [-0.3, -0.25) is 9.59 Å². The summed E-state index contributed by atoms with van der Waals surface area (Å²) in [7, 11) is 0. The van der Waals surface area contributed by atoms with E-state index >= 15 is 0 Å². The Bertz CT molecular complexity index is 567. The lowest BCUT2D eigenvalue weighted by atomic mass is 9.93. The van der Waals surface area contributed by atoms with Crippen molar-refractivity contribution < 1.29 is 14.7 Å². The fraction of sp³-hybridized carbons (Fsp3) is 0.556. The Morgan fingerprint density at radius 1 is 1.27 bits per heavy atom. The van der Waals surface area contributed by atoms with Gasteiger partial charge in [-0.25, -0.2) is 0 Å². The number of rotatable bonds is 4. The third-order valence-electron chi connectivity index (χ3n) is 4.66. The van der Waals surface area contributed by atoms with Crippen LogP contribution in [0.25, 0.3) is 0 Å². The number of hydrogen-bond acceptors (Lipinski definition) is 2. The minimum atomic E-state index is -0.793.